The van der Waals surface area contributed by atoms with Crippen LogP contribution in [0.1, 0.15) is 35.7 Å². The van der Waals surface area contributed by atoms with Crippen molar-refractivity contribution in [1.82, 2.24) is 0 Å². The van der Waals surface area contributed by atoms with Crippen LogP contribution in [0.2, 0.25) is 5.02 Å². The first-order chi connectivity index (χ1) is 16.4. The monoisotopic (exact) mass is 498 g/mol. The van der Waals surface area contributed by atoms with Crippen molar-refractivity contribution in [2.75, 3.05) is 30.4 Å². The van der Waals surface area contributed by atoms with Gasteiger partial charge in [-0.25, -0.2) is 4.39 Å². The zero-order valence-electron chi connectivity index (χ0n) is 19.3. The number of benzene rings is 2. The Balaban J connectivity index is 0.00000168. The predicted molar refractivity (Wildman–Crippen MR) is 131 cm³/mol. The Labute approximate surface area is 204 Å². The smallest absolute Gasteiger partial charge is 0.255 e. The maximum atomic E-state index is 13.3. The van der Waals surface area contributed by atoms with Gasteiger partial charge in [0, 0.05) is 37.1 Å². The van der Waals surface area contributed by atoms with Crippen LogP contribution in [0.5, 0.6) is 0 Å². The number of rotatable bonds is 4. The molecule has 0 bridgehead atoms. The van der Waals surface area contributed by atoms with E-state index in [4.69, 9.17) is 26.3 Å². The largest absolute Gasteiger partial charge is 0.400 e. The SMILES string of the molecule is C=O.C=O.CCc1ccc(C(=O)Nc2ccc(F)c(Cl)c2)cc1N1C[C@H](O)CC[C@H](O)C1.CO. The lowest BCUT2D eigenvalue weighted by molar-refractivity contribution is -0.0987. The fourth-order valence-corrected chi connectivity index (χ4v) is 3.60. The van der Waals surface area contributed by atoms with Crippen LogP contribution in [0.15, 0.2) is 36.4 Å². The van der Waals surface area contributed by atoms with Gasteiger partial charge in [0.2, 0.25) is 0 Å². The third kappa shape index (κ3) is 9.18. The van der Waals surface area contributed by atoms with Gasteiger partial charge >= 0.3 is 0 Å². The van der Waals surface area contributed by atoms with Crippen LogP contribution in [-0.2, 0) is 16.0 Å². The molecule has 188 valence electrons. The lowest BCUT2D eigenvalue weighted by Gasteiger charge is -2.28. The number of halogens is 2. The summed E-state index contributed by atoms with van der Waals surface area (Å²) in [6.07, 6.45) is 0.796. The van der Waals surface area contributed by atoms with E-state index in [0.717, 1.165) is 24.8 Å². The molecule has 8 nitrogen and oxygen atoms in total. The summed E-state index contributed by atoms with van der Waals surface area (Å²) in [6.45, 7) is 6.83. The number of hydrogen-bond acceptors (Lipinski definition) is 7. The quantitative estimate of drug-likeness (QED) is 0.510. The second kappa shape index (κ2) is 16.7. The van der Waals surface area contributed by atoms with Crippen molar-refractivity contribution in [3.05, 3.63) is 58.4 Å². The van der Waals surface area contributed by atoms with Gasteiger partial charge in [-0.15, -0.1) is 0 Å². The fourth-order valence-electron chi connectivity index (χ4n) is 3.42. The first kappa shape index (κ1) is 31.1. The third-order valence-electron chi connectivity index (χ3n) is 4.94. The fraction of sp³-hybridized carbons (Fsp3) is 0.375. The summed E-state index contributed by atoms with van der Waals surface area (Å²) < 4.78 is 13.3. The Morgan fingerprint density at radius 3 is 2.12 bits per heavy atom. The summed E-state index contributed by atoms with van der Waals surface area (Å²) >= 11 is 5.77. The molecule has 1 heterocycles. The van der Waals surface area contributed by atoms with Gasteiger partial charge in [0.25, 0.3) is 5.91 Å². The maximum Gasteiger partial charge on any atom is 0.255 e. The average molecular weight is 499 g/mol. The Bertz CT molecular complexity index is 888. The van der Waals surface area contributed by atoms with Crippen LogP contribution in [0, 0.1) is 5.82 Å². The highest BCUT2D eigenvalue weighted by Gasteiger charge is 2.24. The molecule has 1 fully saturated rings. The molecule has 0 saturated carbocycles. The second-order valence-corrected chi connectivity index (χ2v) is 7.48. The van der Waals surface area contributed by atoms with Gasteiger partial charge in [0.05, 0.1) is 17.2 Å². The van der Waals surface area contributed by atoms with E-state index in [1.165, 1.54) is 18.2 Å². The van der Waals surface area contributed by atoms with Gasteiger partial charge in [-0.1, -0.05) is 24.6 Å². The van der Waals surface area contributed by atoms with Crippen molar-refractivity contribution >= 4 is 42.5 Å². The molecule has 3 rings (SSSR count). The number of aliphatic hydroxyl groups is 3. The number of anilines is 2. The van der Waals surface area contributed by atoms with E-state index < -0.39 is 18.0 Å². The standard InChI is InChI=1S/C21H24ClFN2O3.CH4O.2CH2O/c1-2-13-3-4-14(21(28)24-15-5-8-19(23)18(22)10-15)9-20(13)25-11-16(26)6-7-17(27)12-25;3*1-2/h3-5,8-10,16-17,26-27H,2,6-7,11-12H2,1H3,(H,24,28);2H,1H3;2*1H2/t16-,17+;;;. The molecule has 34 heavy (non-hydrogen) atoms. The van der Waals surface area contributed by atoms with Crippen LogP contribution >= 0.6 is 11.6 Å². The number of nitrogens with zero attached hydrogens (tertiary/aromatic N) is 1. The summed E-state index contributed by atoms with van der Waals surface area (Å²) in [5.41, 5.74) is 2.69. The Morgan fingerprint density at radius 2 is 1.62 bits per heavy atom. The number of nitrogens with one attached hydrogen (secondary N) is 1. The summed E-state index contributed by atoms with van der Waals surface area (Å²) in [5.74, 6) is -0.893. The second-order valence-electron chi connectivity index (χ2n) is 7.07. The number of carbonyl (C=O) groups excluding carboxylic acids is 3. The van der Waals surface area contributed by atoms with Crippen LogP contribution in [0.25, 0.3) is 0 Å². The number of β-amino-alcohol motifs (C(OH)–C–C–N with tert-alkyl or cyclic N) is 2. The van der Waals surface area contributed by atoms with E-state index in [1.54, 1.807) is 12.1 Å². The summed E-state index contributed by atoms with van der Waals surface area (Å²) in [6, 6.07) is 9.38. The van der Waals surface area contributed by atoms with Crippen LogP contribution in [0.3, 0.4) is 0 Å². The lowest BCUT2D eigenvalue weighted by Crippen LogP contribution is -2.35. The highest BCUT2D eigenvalue weighted by atomic mass is 35.5. The van der Waals surface area contributed by atoms with Gasteiger partial charge in [-0.3, -0.25) is 4.79 Å². The molecule has 0 aromatic heterocycles. The first-order valence-corrected chi connectivity index (χ1v) is 10.8. The normalized spacial score (nSPS) is 16.9. The van der Waals surface area contributed by atoms with Gasteiger partial charge in [0.1, 0.15) is 19.4 Å². The minimum Gasteiger partial charge on any atom is -0.400 e. The molecule has 0 aliphatic carbocycles. The van der Waals surface area contributed by atoms with E-state index in [2.05, 4.69) is 5.32 Å². The van der Waals surface area contributed by atoms with Gasteiger partial charge in [-0.2, -0.15) is 0 Å². The highest BCUT2D eigenvalue weighted by molar-refractivity contribution is 6.31. The summed E-state index contributed by atoms with van der Waals surface area (Å²) in [5, 5.41) is 30.0. The average Bonchev–Trinajstić information content (AvgIpc) is 3.04. The number of carbonyl (C=O) groups is 3. The van der Waals surface area contributed by atoms with Crippen molar-refractivity contribution in [2.45, 2.75) is 38.4 Å². The highest BCUT2D eigenvalue weighted by Crippen LogP contribution is 2.27. The Kier molecular flexibility index (Phi) is 15.3. The molecule has 0 unspecified atom stereocenters. The van der Waals surface area contributed by atoms with Crippen LogP contribution in [-0.4, -0.2) is 67.2 Å². The van der Waals surface area contributed by atoms with E-state index in [-0.39, 0.29) is 10.9 Å². The molecule has 10 heteroatoms. The Morgan fingerprint density at radius 1 is 1.06 bits per heavy atom. The van der Waals surface area contributed by atoms with Crippen molar-refractivity contribution in [3.63, 3.8) is 0 Å². The van der Waals surface area contributed by atoms with Crippen LogP contribution < -0.4 is 10.2 Å². The predicted octanol–water partition coefficient (Wildman–Crippen LogP) is 2.85. The van der Waals surface area contributed by atoms with Crippen LogP contribution in [0.4, 0.5) is 15.8 Å². The Hall–Kier alpha value is -2.85. The molecule has 0 radical (unpaired) electrons. The summed E-state index contributed by atoms with van der Waals surface area (Å²) in [7, 11) is 1.00. The van der Waals surface area contributed by atoms with Crippen molar-refractivity contribution < 1.29 is 34.1 Å². The van der Waals surface area contributed by atoms with Crippen molar-refractivity contribution in [1.29, 1.82) is 0 Å². The maximum absolute atomic E-state index is 13.3. The molecule has 2 aromatic carbocycles. The van der Waals surface area contributed by atoms with Gasteiger partial charge < -0.3 is 35.1 Å². The van der Waals surface area contributed by atoms with E-state index in [9.17, 15) is 19.4 Å². The topological polar surface area (TPSA) is 127 Å². The zero-order chi connectivity index (χ0) is 26.3. The molecule has 4 N–H and O–H groups in total. The van der Waals surface area contributed by atoms with E-state index in [1.807, 2.05) is 31.5 Å². The minimum absolute atomic E-state index is 0.0626. The number of amides is 1. The van der Waals surface area contributed by atoms with Crippen molar-refractivity contribution in [2.24, 2.45) is 0 Å². The third-order valence-corrected chi connectivity index (χ3v) is 5.23. The molecule has 1 saturated heterocycles. The zero-order valence-corrected chi connectivity index (χ0v) is 20.1. The molecule has 2 atom stereocenters. The first-order valence-electron chi connectivity index (χ1n) is 10.4. The molecule has 1 aliphatic rings. The van der Waals surface area contributed by atoms with Crippen molar-refractivity contribution in [3.8, 4) is 0 Å². The van der Waals surface area contributed by atoms with Gasteiger partial charge in [-0.05, 0) is 55.2 Å². The lowest BCUT2D eigenvalue weighted by atomic mass is 10.0. The van der Waals surface area contributed by atoms with E-state index >= 15 is 0 Å². The van der Waals surface area contributed by atoms with E-state index in [0.29, 0.717) is 37.2 Å². The summed E-state index contributed by atoms with van der Waals surface area (Å²) in [4.78, 5) is 30.6. The molecular formula is C24H32ClFN2O6. The minimum atomic E-state index is -0.549. The molecular weight excluding hydrogens is 467 g/mol. The number of aryl methyl sites for hydroxylation is 1. The van der Waals surface area contributed by atoms with Gasteiger partial charge in [0.15, 0.2) is 0 Å². The molecule has 0 spiro atoms. The molecule has 1 aliphatic heterocycles. The molecule has 2 aromatic rings. The molecule has 1 amide bonds. The number of hydrogen-bond donors (Lipinski definition) is 4. The number of aliphatic hydroxyl groups excluding tert-OH is 3.